The van der Waals surface area contributed by atoms with Gasteiger partial charge in [-0.15, -0.1) is 0 Å². The number of piperazine rings is 1. The second-order valence-electron chi connectivity index (χ2n) is 5.89. The molecule has 0 atom stereocenters. The van der Waals surface area contributed by atoms with Crippen molar-refractivity contribution < 1.29 is 0 Å². The largest absolute Gasteiger partial charge is 0.354 e. The van der Waals surface area contributed by atoms with Crippen LogP contribution in [-0.2, 0) is 6.54 Å². The molecule has 0 amide bonds. The van der Waals surface area contributed by atoms with Crippen molar-refractivity contribution in [2.45, 2.75) is 13.5 Å². The second kappa shape index (κ2) is 6.36. The molecule has 1 aromatic carbocycles. The number of anilines is 1. The number of aromatic nitrogens is 2. The molecule has 1 aromatic heterocycles. The van der Waals surface area contributed by atoms with Crippen LogP contribution in [0.1, 0.15) is 11.1 Å². The molecule has 1 fully saturated rings. The molecule has 0 bridgehead atoms. The van der Waals surface area contributed by atoms with Crippen LogP contribution in [0.25, 0.3) is 0 Å². The van der Waals surface area contributed by atoms with Crippen LogP contribution in [0.15, 0.2) is 35.4 Å². The van der Waals surface area contributed by atoms with Gasteiger partial charge in [0.25, 0.3) is 5.56 Å². The summed E-state index contributed by atoms with van der Waals surface area (Å²) in [5.74, 6) is 0.773. The Bertz CT molecular complexity index is 707. The summed E-state index contributed by atoms with van der Waals surface area (Å²) < 4.78 is 0. The van der Waals surface area contributed by atoms with Crippen molar-refractivity contribution in [3.63, 3.8) is 0 Å². The SMILES string of the molecule is Bc1cccc(CN2CCN(c3cc(=O)[nH]cn3)CC2)c1C. The van der Waals surface area contributed by atoms with E-state index in [1.165, 1.54) is 22.9 Å². The standard InChI is InChI=1S/C16H21BN4O/c1-12-13(3-2-4-14(12)17)10-20-5-7-21(8-6-20)15-9-16(22)19-11-18-15/h2-4,9,11H,5-8,10,17H2,1H3,(H,18,19,22). The number of nitrogens with zero attached hydrogens (tertiary/aromatic N) is 3. The van der Waals surface area contributed by atoms with Crippen LogP contribution >= 0.6 is 0 Å². The molecule has 114 valence electrons. The van der Waals surface area contributed by atoms with Crippen molar-refractivity contribution in [1.29, 1.82) is 0 Å². The zero-order chi connectivity index (χ0) is 15.5. The highest BCUT2D eigenvalue weighted by atomic mass is 16.1. The van der Waals surface area contributed by atoms with Gasteiger partial charge in [-0.3, -0.25) is 9.69 Å². The van der Waals surface area contributed by atoms with E-state index in [9.17, 15) is 4.79 Å². The number of hydrogen-bond acceptors (Lipinski definition) is 4. The summed E-state index contributed by atoms with van der Waals surface area (Å²) >= 11 is 0. The van der Waals surface area contributed by atoms with Crippen molar-refractivity contribution in [1.82, 2.24) is 14.9 Å². The number of hydrogen-bond donors (Lipinski definition) is 1. The van der Waals surface area contributed by atoms with Crippen molar-refractivity contribution in [3.05, 3.63) is 52.1 Å². The van der Waals surface area contributed by atoms with E-state index in [2.05, 4.69) is 52.7 Å². The molecule has 0 aliphatic carbocycles. The third-order valence-corrected chi connectivity index (χ3v) is 4.47. The fraction of sp³-hybridized carbons (Fsp3) is 0.375. The van der Waals surface area contributed by atoms with E-state index < -0.39 is 0 Å². The molecule has 0 saturated carbocycles. The Kier molecular flexibility index (Phi) is 4.29. The molecule has 1 aliphatic heterocycles. The first-order valence-electron chi connectivity index (χ1n) is 7.70. The van der Waals surface area contributed by atoms with Crippen molar-refractivity contribution in [2.24, 2.45) is 0 Å². The number of H-pyrrole nitrogens is 1. The predicted molar refractivity (Wildman–Crippen MR) is 91.7 cm³/mol. The third kappa shape index (κ3) is 3.22. The molecule has 0 radical (unpaired) electrons. The Hall–Kier alpha value is -2.08. The maximum absolute atomic E-state index is 11.4. The minimum absolute atomic E-state index is 0.0946. The van der Waals surface area contributed by atoms with Crippen molar-refractivity contribution in [3.8, 4) is 0 Å². The minimum atomic E-state index is -0.0946. The average Bonchev–Trinajstić information content (AvgIpc) is 2.53. The number of benzene rings is 1. The first kappa shape index (κ1) is 14.8. The summed E-state index contributed by atoms with van der Waals surface area (Å²) in [6.45, 7) is 6.97. The van der Waals surface area contributed by atoms with Crippen LogP contribution in [0.3, 0.4) is 0 Å². The van der Waals surface area contributed by atoms with Crippen molar-refractivity contribution in [2.75, 3.05) is 31.1 Å². The molecule has 2 heterocycles. The molecule has 22 heavy (non-hydrogen) atoms. The summed E-state index contributed by atoms with van der Waals surface area (Å²) in [6.07, 6.45) is 1.47. The van der Waals surface area contributed by atoms with E-state index >= 15 is 0 Å². The zero-order valence-corrected chi connectivity index (χ0v) is 13.2. The smallest absolute Gasteiger partial charge is 0.252 e. The lowest BCUT2D eigenvalue weighted by molar-refractivity contribution is 0.249. The molecule has 3 rings (SSSR count). The molecule has 1 aliphatic rings. The van der Waals surface area contributed by atoms with Crippen LogP contribution in [-0.4, -0.2) is 48.9 Å². The maximum Gasteiger partial charge on any atom is 0.252 e. The van der Waals surface area contributed by atoms with Crippen molar-refractivity contribution >= 4 is 19.1 Å². The van der Waals surface area contributed by atoms with Crippen LogP contribution in [0.4, 0.5) is 5.82 Å². The summed E-state index contributed by atoms with van der Waals surface area (Å²) in [5, 5.41) is 0. The van der Waals surface area contributed by atoms with Gasteiger partial charge in [-0.05, 0) is 12.5 Å². The summed E-state index contributed by atoms with van der Waals surface area (Å²) in [4.78, 5) is 22.8. The lowest BCUT2D eigenvalue weighted by Crippen LogP contribution is -2.46. The maximum atomic E-state index is 11.4. The summed E-state index contributed by atoms with van der Waals surface area (Å²) in [5.41, 5.74) is 4.05. The number of aromatic amines is 1. The van der Waals surface area contributed by atoms with Gasteiger partial charge in [0.2, 0.25) is 0 Å². The number of nitrogens with one attached hydrogen (secondary N) is 1. The monoisotopic (exact) mass is 296 g/mol. The molecule has 6 heteroatoms. The molecule has 1 saturated heterocycles. The first-order valence-corrected chi connectivity index (χ1v) is 7.70. The van der Waals surface area contributed by atoms with Gasteiger partial charge in [0, 0.05) is 38.8 Å². The van der Waals surface area contributed by atoms with Gasteiger partial charge < -0.3 is 9.88 Å². The van der Waals surface area contributed by atoms with Gasteiger partial charge in [-0.2, -0.15) is 0 Å². The second-order valence-corrected chi connectivity index (χ2v) is 5.89. The van der Waals surface area contributed by atoms with Gasteiger partial charge in [0.1, 0.15) is 13.7 Å². The molecular formula is C16H21BN4O. The van der Waals surface area contributed by atoms with Gasteiger partial charge >= 0.3 is 0 Å². The Morgan fingerprint density at radius 1 is 1.27 bits per heavy atom. The Balaban J connectivity index is 1.62. The fourth-order valence-electron chi connectivity index (χ4n) is 2.89. The molecule has 5 nitrogen and oxygen atoms in total. The highest BCUT2D eigenvalue weighted by Gasteiger charge is 2.18. The molecule has 1 N–H and O–H groups in total. The molecule has 0 spiro atoms. The quantitative estimate of drug-likeness (QED) is 0.787. The van der Waals surface area contributed by atoms with Gasteiger partial charge in [-0.1, -0.05) is 29.2 Å². The molecule has 2 aromatic rings. The van der Waals surface area contributed by atoms with E-state index in [0.29, 0.717) is 0 Å². The minimum Gasteiger partial charge on any atom is -0.354 e. The van der Waals surface area contributed by atoms with E-state index in [0.717, 1.165) is 38.5 Å². The van der Waals surface area contributed by atoms with Crippen LogP contribution in [0, 0.1) is 6.92 Å². The zero-order valence-electron chi connectivity index (χ0n) is 13.2. The first-order chi connectivity index (χ1) is 10.6. The third-order valence-electron chi connectivity index (χ3n) is 4.47. The van der Waals surface area contributed by atoms with E-state index in [-0.39, 0.29) is 5.56 Å². The average molecular weight is 296 g/mol. The van der Waals surface area contributed by atoms with Gasteiger partial charge in [-0.25, -0.2) is 4.98 Å². The normalized spacial score (nSPS) is 16.0. The van der Waals surface area contributed by atoms with E-state index in [4.69, 9.17) is 0 Å². The Morgan fingerprint density at radius 2 is 2.05 bits per heavy atom. The number of rotatable bonds is 3. The van der Waals surface area contributed by atoms with Gasteiger partial charge in [0.05, 0.1) is 6.33 Å². The lowest BCUT2D eigenvalue weighted by Gasteiger charge is -2.35. The van der Waals surface area contributed by atoms with E-state index in [1.54, 1.807) is 6.07 Å². The highest BCUT2D eigenvalue weighted by Crippen LogP contribution is 2.14. The lowest BCUT2D eigenvalue weighted by atomic mass is 9.88. The molecule has 0 unspecified atom stereocenters. The Morgan fingerprint density at radius 3 is 2.77 bits per heavy atom. The summed E-state index contributed by atoms with van der Waals surface area (Å²) in [6, 6.07) is 8.08. The Labute approximate surface area is 131 Å². The van der Waals surface area contributed by atoms with E-state index in [1.807, 2.05) is 0 Å². The molecular weight excluding hydrogens is 275 g/mol. The van der Waals surface area contributed by atoms with Gasteiger partial charge in [0.15, 0.2) is 0 Å². The van der Waals surface area contributed by atoms with Crippen LogP contribution < -0.4 is 15.9 Å². The summed E-state index contributed by atoms with van der Waals surface area (Å²) in [7, 11) is 2.16. The topological polar surface area (TPSA) is 52.2 Å². The highest BCUT2D eigenvalue weighted by molar-refractivity contribution is 6.33. The predicted octanol–water partition coefficient (Wildman–Crippen LogP) is -0.341. The van der Waals surface area contributed by atoms with Crippen LogP contribution in [0.2, 0.25) is 0 Å². The fourth-order valence-corrected chi connectivity index (χ4v) is 2.89. The van der Waals surface area contributed by atoms with Crippen LogP contribution in [0.5, 0.6) is 0 Å².